The van der Waals surface area contributed by atoms with E-state index in [4.69, 9.17) is 5.11 Å². The van der Waals surface area contributed by atoms with Gasteiger partial charge in [-0.1, -0.05) is 0 Å². The normalized spacial score (nSPS) is 18.7. The first-order valence-electron chi connectivity index (χ1n) is 5.88. The number of carboxylic acid groups (broad SMARTS) is 1. The van der Waals surface area contributed by atoms with Gasteiger partial charge in [0.2, 0.25) is 0 Å². The third-order valence-electron chi connectivity index (χ3n) is 3.30. The molecule has 0 aromatic heterocycles. The molecule has 1 atom stereocenters. The van der Waals surface area contributed by atoms with Crippen LogP contribution < -0.4 is 0 Å². The maximum atomic E-state index is 13.6. The number of hydrogen-bond donors (Lipinski definition) is 1. The smallest absolute Gasteiger partial charge is 0.308 e. The third-order valence-corrected chi connectivity index (χ3v) is 3.30. The average molecular weight is 269 g/mol. The molecule has 1 heterocycles. The minimum Gasteiger partial charge on any atom is -0.481 e. The van der Waals surface area contributed by atoms with Crippen LogP contribution in [-0.2, 0) is 4.79 Å². The molecule has 1 fully saturated rings. The number of carboxylic acids is 1. The van der Waals surface area contributed by atoms with E-state index < -0.39 is 29.4 Å². The lowest BCUT2D eigenvalue weighted by Gasteiger charge is -2.16. The Labute approximate surface area is 108 Å². The molecule has 2 rings (SSSR count). The van der Waals surface area contributed by atoms with E-state index in [9.17, 15) is 18.4 Å². The summed E-state index contributed by atoms with van der Waals surface area (Å²) in [7, 11) is 0. The summed E-state index contributed by atoms with van der Waals surface area (Å²) in [4.78, 5) is 24.2. The lowest BCUT2D eigenvalue weighted by Crippen LogP contribution is -2.30. The number of amides is 1. The summed E-state index contributed by atoms with van der Waals surface area (Å²) in [5.41, 5.74) is -0.0383. The van der Waals surface area contributed by atoms with E-state index in [1.807, 2.05) is 0 Å². The first-order valence-corrected chi connectivity index (χ1v) is 5.88. The van der Waals surface area contributed by atoms with Gasteiger partial charge in [0.05, 0.1) is 11.5 Å². The van der Waals surface area contributed by atoms with Crippen LogP contribution in [0.5, 0.6) is 0 Å². The Morgan fingerprint density at radius 3 is 2.58 bits per heavy atom. The molecule has 1 aliphatic heterocycles. The summed E-state index contributed by atoms with van der Waals surface area (Å²) < 4.78 is 26.7. The molecule has 0 aliphatic carbocycles. The van der Waals surface area contributed by atoms with Crippen molar-refractivity contribution >= 4 is 11.9 Å². The number of aryl methyl sites for hydroxylation is 1. The SMILES string of the molecule is Cc1cc(C(=O)N2CC[C@H](C(=O)O)C2)c(F)cc1F. The van der Waals surface area contributed by atoms with Gasteiger partial charge in [-0.15, -0.1) is 0 Å². The van der Waals surface area contributed by atoms with Crippen LogP contribution in [0.3, 0.4) is 0 Å². The van der Waals surface area contributed by atoms with Crippen LogP contribution in [0.2, 0.25) is 0 Å². The largest absolute Gasteiger partial charge is 0.481 e. The predicted molar refractivity (Wildman–Crippen MR) is 62.7 cm³/mol. The Morgan fingerprint density at radius 2 is 2.00 bits per heavy atom. The van der Waals surface area contributed by atoms with Crippen molar-refractivity contribution in [2.45, 2.75) is 13.3 Å². The maximum absolute atomic E-state index is 13.6. The van der Waals surface area contributed by atoms with Gasteiger partial charge in [0, 0.05) is 19.2 Å². The lowest BCUT2D eigenvalue weighted by atomic mass is 10.1. The van der Waals surface area contributed by atoms with Crippen LogP contribution in [0.1, 0.15) is 22.3 Å². The van der Waals surface area contributed by atoms with Crippen LogP contribution >= 0.6 is 0 Å². The number of hydrogen-bond acceptors (Lipinski definition) is 2. The number of likely N-dealkylation sites (tertiary alicyclic amines) is 1. The molecule has 0 saturated carbocycles. The van der Waals surface area contributed by atoms with Gasteiger partial charge >= 0.3 is 5.97 Å². The van der Waals surface area contributed by atoms with Crippen LogP contribution in [-0.4, -0.2) is 35.0 Å². The van der Waals surface area contributed by atoms with E-state index in [2.05, 4.69) is 0 Å². The van der Waals surface area contributed by atoms with Crippen molar-refractivity contribution < 1.29 is 23.5 Å². The van der Waals surface area contributed by atoms with Crippen molar-refractivity contribution in [2.75, 3.05) is 13.1 Å². The predicted octanol–water partition coefficient (Wildman–Crippen LogP) is 1.82. The second-order valence-corrected chi connectivity index (χ2v) is 4.66. The minimum absolute atomic E-state index is 0.0596. The molecule has 4 nitrogen and oxygen atoms in total. The van der Waals surface area contributed by atoms with Crippen molar-refractivity contribution in [3.8, 4) is 0 Å². The van der Waals surface area contributed by atoms with Crippen molar-refractivity contribution in [1.82, 2.24) is 4.90 Å². The molecule has 1 aliphatic rings. The average Bonchev–Trinajstić information content (AvgIpc) is 2.82. The molecule has 1 N–H and O–H groups in total. The molecule has 1 aromatic rings. The van der Waals surface area contributed by atoms with E-state index >= 15 is 0 Å². The topological polar surface area (TPSA) is 57.6 Å². The molecular weight excluding hydrogens is 256 g/mol. The Morgan fingerprint density at radius 1 is 1.32 bits per heavy atom. The quantitative estimate of drug-likeness (QED) is 0.891. The first-order chi connectivity index (χ1) is 8.90. The third kappa shape index (κ3) is 2.57. The second-order valence-electron chi connectivity index (χ2n) is 4.66. The highest BCUT2D eigenvalue weighted by molar-refractivity contribution is 5.95. The van der Waals surface area contributed by atoms with Crippen molar-refractivity contribution in [2.24, 2.45) is 5.92 Å². The van der Waals surface area contributed by atoms with Gasteiger partial charge in [0.1, 0.15) is 11.6 Å². The fourth-order valence-electron chi connectivity index (χ4n) is 2.14. The van der Waals surface area contributed by atoms with Gasteiger partial charge in [-0.2, -0.15) is 0 Å². The number of rotatable bonds is 2. The molecule has 0 unspecified atom stereocenters. The van der Waals surface area contributed by atoms with Crippen molar-refractivity contribution in [1.29, 1.82) is 0 Å². The lowest BCUT2D eigenvalue weighted by molar-refractivity contribution is -0.141. The summed E-state index contributed by atoms with van der Waals surface area (Å²) in [6.45, 7) is 1.77. The van der Waals surface area contributed by atoms with Crippen molar-refractivity contribution in [3.05, 3.63) is 34.9 Å². The van der Waals surface area contributed by atoms with Crippen LogP contribution in [0.15, 0.2) is 12.1 Å². The number of carbonyl (C=O) groups is 2. The number of nitrogens with zero attached hydrogens (tertiary/aromatic N) is 1. The Hall–Kier alpha value is -1.98. The zero-order valence-electron chi connectivity index (χ0n) is 10.3. The number of halogens is 2. The van der Waals surface area contributed by atoms with Crippen LogP contribution in [0.4, 0.5) is 8.78 Å². The minimum atomic E-state index is -0.967. The highest BCUT2D eigenvalue weighted by Crippen LogP contribution is 2.21. The maximum Gasteiger partial charge on any atom is 0.308 e. The molecule has 0 radical (unpaired) electrons. The molecule has 6 heteroatoms. The van der Waals surface area contributed by atoms with Gasteiger partial charge in [-0.05, 0) is 25.0 Å². The standard InChI is InChI=1S/C13H13F2NO3/c1-7-4-9(11(15)5-10(7)14)12(17)16-3-2-8(6-16)13(18)19/h4-5,8H,2-3,6H2,1H3,(H,18,19)/t8-/m0/s1. The Balaban J connectivity index is 2.22. The molecule has 0 bridgehead atoms. The summed E-state index contributed by atoms with van der Waals surface area (Å²) in [6, 6.07) is 1.83. The van der Waals surface area contributed by atoms with Crippen LogP contribution in [0.25, 0.3) is 0 Å². The molecule has 0 spiro atoms. The van der Waals surface area contributed by atoms with Crippen LogP contribution in [0, 0.1) is 24.5 Å². The fraction of sp³-hybridized carbons (Fsp3) is 0.385. The summed E-state index contributed by atoms with van der Waals surface area (Å²) in [5, 5.41) is 8.86. The van der Waals surface area contributed by atoms with Gasteiger partial charge in [-0.25, -0.2) is 8.78 Å². The van der Waals surface area contributed by atoms with E-state index in [0.717, 1.165) is 6.07 Å². The first kappa shape index (κ1) is 13.5. The molecule has 1 aromatic carbocycles. The Bertz CT molecular complexity index is 545. The van der Waals surface area contributed by atoms with Gasteiger partial charge in [-0.3, -0.25) is 9.59 Å². The summed E-state index contributed by atoms with van der Waals surface area (Å²) in [5.74, 6) is -3.81. The highest BCUT2D eigenvalue weighted by atomic mass is 19.1. The van der Waals surface area contributed by atoms with E-state index in [1.165, 1.54) is 11.8 Å². The zero-order chi connectivity index (χ0) is 14.2. The van der Waals surface area contributed by atoms with Gasteiger partial charge < -0.3 is 10.0 Å². The molecule has 1 saturated heterocycles. The van der Waals surface area contributed by atoms with E-state index in [-0.39, 0.29) is 24.2 Å². The monoisotopic (exact) mass is 269 g/mol. The Kier molecular flexibility index (Phi) is 3.50. The van der Waals surface area contributed by atoms with E-state index in [1.54, 1.807) is 0 Å². The second kappa shape index (κ2) is 4.95. The van der Waals surface area contributed by atoms with Crippen molar-refractivity contribution in [3.63, 3.8) is 0 Å². The molecular formula is C13H13F2NO3. The molecule has 19 heavy (non-hydrogen) atoms. The zero-order valence-corrected chi connectivity index (χ0v) is 10.3. The summed E-state index contributed by atoms with van der Waals surface area (Å²) >= 11 is 0. The van der Waals surface area contributed by atoms with Gasteiger partial charge in [0.15, 0.2) is 0 Å². The number of benzene rings is 1. The van der Waals surface area contributed by atoms with E-state index in [0.29, 0.717) is 12.5 Å². The number of carbonyl (C=O) groups excluding carboxylic acids is 1. The highest BCUT2D eigenvalue weighted by Gasteiger charge is 2.32. The summed E-state index contributed by atoms with van der Waals surface area (Å²) in [6.07, 6.45) is 0.350. The number of aliphatic carboxylic acids is 1. The molecule has 1 amide bonds. The van der Waals surface area contributed by atoms with Gasteiger partial charge in [0.25, 0.3) is 5.91 Å². The molecule has 102 valence electrons. The fourth-order valence-corrected chi connectivity index (χ4v) is 2.14.